The Kier molecular flexibility index (Phi) is 4.61. The maximum Gasteiger partial charge on any atom is 0.103 e. The van der Waals surface area contributed by atoms with E-state index in [2.05, 4.69) is 76.3 Å². The van der Waals surface area contributed by atoms with Crippen LogP contribution >= 0.6 is 15.9 Å². The molecule has 1 heterocycles. The van der Waals surface area contributed by atoms with E-state index < -0.39 is 0 Å². The third-order valence-corrected chi connectivity index (χ3v) is 4.76. The van der Waals surface area contributed by atoms with Gasteiger partial charge in [-0.1, -0.05) is 46.3 Å². The SMILES string of the molecule is Cc1ccccc1N1CC[NH+](Cc2cccc(Br)c2)CC1. The van der Waals surface area contributed by atoms with Crippen molar-refractivity contribution in [1.29, 1.82) is 0 Å². The van der Waals surface area contributed by atoms with Crippen LogP contribution in [-0.2, 0) is 6.54 Å². The average molecular weight is 346 g/mol. The van der Waals surface area contributed by atoms with E-state index in [0.29, 0.717) is 0 Å². The van der Waals surface area contributed by atoms with E-state index in [1.807, 2.05) is 0 Å². The Balaban J connectivity index is 1.59. The molecule has 1 aliphatic heterocycles. The molecule has 1 saturated heterocycles. The minimum absolute atomic E-state index is 1.13. The number of halogens is 1. The molecular formula is C18H22BrN2+. The number of nitrogens with one attached hydrogen (secondary N) is 1. The van der Waals surface area contributed by atoms with Crippen LogP contribution < -0.4 is 9.80 Å². The summed E-state index contributed by atoms with van der Waals surface area (Å²) >= 11 is 3.56. The molecule has 3 rings (SSSR count). The van der Waals surface area contributed by atoms with Gasteiger partial charge < -0.3 is 9.80 Å². The van der Waals surface area contributed by atoms with E-state index in [1.54, 1.807) is 4.90 Å². The number of hydrogen-bond acceptors (Lipinski definition) is 1. The average Bonchev–Trinajstić information content (AvgIpc) is 2.49. The largest absolute Gasteiger partial charge is 0.360 e. The van der Waals surface area contributed by atoms with Gasteiger partial charge in [-0.2, -0.15) is 0 Å². The third-order valence-electron chi connectivity index (χ3n) is 4.27. The van der Waals surface area contributed by atoms with E-state index in [1.165, 1.54) is 34.4 Å². The van der Waals surface area contributed by atoms with E-state index in [0.717, 1.165) is 19.6 Å². The molecule has 2 nitrogen and oxygen atoms in total. The van der Waals surface area contributed by atoms with Crippen LogP contribution in [0, 0.1) is 6.92 Å². The van der Waals surface area contributed by atoms with Gasteiger partial charge >= 0.3 is 0 Å². The molecule has 1 N–H and O–H groups in total. The van der Waals surface area contributed by atoms with Gasteiger partial charge in [0.1, 0.15) is 6.54 Å². The number of anilines is 1. The minimum atomic E-state index is 1.13. The molecule has 2 aromatic carbocycles. The van der Waals surface area contributed by atoms with Gasteiger partial charge in [-0.15, -0.1) is 0 Å². The normalized spacial score (nSPS) is 16.2. The minimum Gasteiger partial charge on any atom is -0.360 e. The van der Waals surface area contributed by atoms with Gasteiger partial charge in [0, 0.05) is 15.7 Å². The number of benzene rings is 2. The van der Waals surface area contributed by atoms with Crippen LogP contribution in [0.25, 0.3) is 0 Å². The molecule has 0 saturated carbocycles. The zero-order chi connectivity index (χ0) is 14.7. The van der Waals surface area contributed by atoms with E-state index in [9.17, 15) is 0 Å². The van der Waals surface area contributed by atoms with E-state index in [4.69, 9.17) is 0 Å². The summed E-state index contributed by atoms with van der Waals surface area (Å²) in [6.07, 6.45) is 0. The van der Waals surface area contributed by atoms with Crippen LogP contribution in [0.2, 0.25) is 0 Å². The van der Waals surface area contributed by atoms with Crippen LogP contribution in [0.15, 0.2) is 53.0 Å². The van der Waals surface area contributed by atoms with Crippen molar-refractivity contribution in [3.63, 3.8) is 0 Å². The third kappa shape index (κ3) is 3.66. The Morgan fingerprint density at radius 3 is 2.52 bits per heavy atom. The zero-order valence-corrected chi connectivity index (χ0v) is 14.1. The van der Waals surface area contributed by atoms with Crippen molar-refractivity contribution in [3.05, 3.63) is 64.1 Å². The highest BCUT2D eigenvalue weighted by Crippen LogP contribution is 2.19. The van der Waals surface area contributed by atoms with Gasteiger partial charge in [0.05, 0.1) is 26.2 Å². The Morgan fingerprint density at radius 2 is 1.81 bits per heavy atom. The Bertz CT molecular complexity index is 604. The van der Waals surface area contributed by atoms with Gasteiger partial charge in [-0.25, -0.2) is 0 Å². The Morgan fingerprint density at radius 1 is 1.05 bits per heavy atom. The second-order valence-corrected chi connectivity index (χ2v) is 6.75. The first-order valence-electron chi connectivity index (χ1n) is 7.61. The lowest BCUT2D eigenvalue weighted by Gasteiger charge is -2.34. The Labute approximate surface area is 135 Å². The molecular weight excluding hydrogens is 324 g/mol. The van der Waals surface area contributed by atoms with Gasteiger partial charge in [0.15, 0.2) is 0 Å². The second kappa shape index (κ2) is 6.63. The van der Waals surface area contributed by atoms with Crippen molar-refractivity contribution in [2.75, 3.05) is 31.1 Å². The van der Waals surface area contributed by atoms with Crippen LogP contribution in [0.4, 0.5) is 5.69 Å². The molecule has 2 aromatic rings. The summed E-state index contributed by atoms with van der Waals surface area (Å²) in [5.74, 6) is 0. The van der Waals surface area contributed by atoms with Gasteiger partial charge in [0.2, 0.25) is 0 Å². The smallest absolute Gasteiger partial charge is 0.103 e. The second-order valence-electron chi connectivity index (χ2n) is 5.83. The lowest BCUT2D eigenvalue weighted by Crippen LogP contribution is -3.13. The summed E-state index contributed by atoms with van der Waals surface area (Å²) in [6.45, 7) is 8.04. The summed E-state index contributed by atoms with van der Waals surface area (Å²) in [6, 6.07) is 17.4. The molecule has 0 amide bonds. The maximum absolute atomic E-state index is 3.56. The van der Waals surface area contributed by atoms with Crippen molar-refractivity contribution in [2.24, 2.45) is 0 Å². The van der Waals surface area contributed by atoms with Crippen molar-refractivity contribution in [2.45, 2.75) is 13.5 Å². The first kappa shape index (κ1) is 14.6. The monoisotopic (exact) mass is 345 g/mol. The topological polar surface area (TPSA) is 7.68 Å². The summed E-state index contributed by atoms with van der Waals surface area (Å²) in [7, 11) is 0. The van der Waals surface area contributed by atoms with Crippen molar-refractivity contribution >= 4 is 21.6 Å². The molecule has 0 unspecified atom stereocenters. The highest BCUT2D eigenvalue weighted by atomic mass is 79.9. The summed E-state index contributed by atoms with van der Waals surface area (Å²) in [4.78, 5) is 4.21. The molecule has 1 fully saturated rings. The van der Waals surface area contributed by atoms with Crippen LogP contribution in [0.3, 0.4) is 0 Å². The highest BCUT2D eigenvalue weighted by Gasteiger charge is 2.21. The quantitative estimate of drug-likeness (QED) is 0.898. The molecule has 110 valence electrons. The van der Waals surface area contributed by atoms with Gasteiger partial charge in [-0.05, 0) is 30.7 Å². The fraction of sp³-hybridized carbons (Fsp3) is 0.333. The summed E-state index contributed by atoms with van der Waals surface area (Å²) < 4.78 is 1.18. The van der Waals surface area contributed by atoms with Crippen molar-refractivity contribution < 1.29 is 4.90 Å². The van der Waals surface area contributed by atoms with E-state index >= 15 is 0 Å². The molecule has 0 aliphatic carbocycles. The summed E-state index contributed by atoms with van der Waals surface area (Å²) in [5, 5.41) is 0. The fourth-order valence-electron chi connectivity index (χ4n) is 3.09. The zero-order valence-electron chi connectivity index (χ0n) is 12.5. The molecule has 21 heavy (non-hydrogen) atoms. The first-order valence-corrected chi connectivity index (χ1v) is 8.40. The molecule has 0 aromatic heterocycles. The fourth-order valence-corrected chi connectivity index (χ4v) is 3.54. The van der Waals surface area contributed by atoms with Crippen molar-refractivity contribution in [1.82, 2.24) is 0 Å². The molecule has 0 radical (unpaired) electrons. The molecule has 3 heteroatoms. The lowest BCUT2D eigenvalue weighted by molar-refractivity contribution is -0.914. The number of quaternary nitrogens is 1. The number of hydrogen-bond donors (Lipinski definition) is 1. The molecule has 0 spiro atoms. The molecule has 0 bridgehead atoms. The van der Waals surface area contributed by atoms with E-state index in [-0.39, 0.29) is 0 Å². The Hall–Kier alpha value is -1.32. The maximum atomic E-state index is 3.56. The lowest BCUT2D eigenvalue weighted by atomic mass is 10.1. The molecule has 0 atom stereocenters. The number of aryl methyl sites for hydroxylation is 1. The van der Waals surface area contributed by atoms with Crippen LogP contribution in [0.1, 0.15) is 11.1 Å². The van der Waals surface area contributed by atoms with Crippen LogP contribution in [-0.4, -0.2) is 26.2 Å². The highest BCUT2D eigenvalue weighted by molar-refractivity contribution is 9.10. The van der Waals surface area contributed by atoms with Crippen molar-refractivity contribution in [3.8, 4) is 0 Å². The number of rotatable bonds is 3. The predicted octanol–water partition coefficient (Wildman–Crippen LogP) is 2.66. The van der Waals surface area contributed by atoms with Crippen LogP contribution in [0.5, 0.6) is 0 Å². The van der Waals surface area contributed by atoms with Gasteiger partial charge in [-0.3, -0.25) is 0 Å². The first-order chi connectivity index (χ1) is 10.2. The number of para-hydroxylation sites is 1. The number of piperazine rings is 1. The molecule has 1 aliphatic rings. The summed E-state index contributed by atoms with van der Waals surface area (Å²) in [5.41, 5.74) is 4.20. The number of nitrogens with zero attached hydrogens (tertiary/aromatic N) is 1. The van der Waals surface area contributed by atoms with Gasteiger partial charge in [0.25, 0.3) is 0 Å². The predicted molar refractivity (Wildman–Crippen MR) is 91.9 cm³/mol. The standard InChI is InChI=1S/C18H21BrN2/c1-15-5-2-3-8-18(15)21-11-9-20(10-12-21)14-16-6-4-7-17(19)13-16/h2-8,13H,9-12,14H2,1H3/p+1.